The predicted molar refractivity (Wildman–Crippen MR) is 71.5 cm³/mol. The van der Waals surface area contributed by atoms with Crippen molar-refractivity contribution in [2.24, 2.45) is 5.92 Å². The molecule has 0 bridgehead atoms. The molecule has 2 heterocycles. The van der Waals surface area contributed by atoms with Crippen LogP contribution in [0, 0.1) is 12.8 Å². The maximum absolute atomic E-state index is 10.6. The quantitative estimate of drug-likeness (QED) is 0.880. The van der Waals surface area contributed by atoms with E-state index in [1.165, 1.54) is 24.8 Å². The van der Waals surface area contributed by atoms with Gasteiger partial charge < -0.3 is 9.51 Å². The van der Waals surface area contributed by atoms with Crippen molar-refractivity contribution in [1.82, 2.24) is 9.38 Å². The molecule has 2 aromatic heterocycles. The van der Waals surface area contributed by atoms with Gasteiger partial charge in [-0.1, -0.05) is 19.3 Å². The van der Waals surface area contributed by atoms with Crippen molar-refractivity contribution in [3.63, 3.8) is 0 Å². The van der Waals surface area contributed by atoms with Gasteiger partial charge >= 0.3 is 0 Å². The van der Waals surface area contributed by atoms with Crippen molar-refractivity contribution >= 4 is 5.52 Å². The minimum Gasteiger partial charge on any atom is -0.387 e. The number of pyridine rings is 1. The van der Waals surface area contributed by atoms with Gasteiger partial charge in [0.1, 0.15) is 0 Å². The lowest BCUT2D eigenvalue weighted by Crippen LogP contribution is -2.18. The Labute approximate surface area is 107 Å². The van der Waals surface area contributed by atoms with Gasteiger partial charge in [-0.3, -0.25) is 0 Å². The fraction of sp³-hybridized carbons (Fsp3) is 0.533. The number of aliphatic hydroxyl groups is 1. The molecule has 1 atom stereocenters. The number of aryl methyl sites for hydroxylation is 1. The zero-order valence-electron chi connectivity index (χ0n) is 10.8. The lowest BCUT2D eigenvalue weighted by molar-refractivity contribution is 0.0801. The first kappa shape index (κ1) is 11.7. The van der Waals surface area contributed by atoms with Crippen LogP contribution in [-0.2, 0) is 0 Å². The average Bonchev–Trinajstić information content (AvgIpc) is 2.86. The SMILES string of the molecule is Cc1cc(C(O)C2CCCCC2)n2cncc2c1. The molecule has 1 unspecified atom stereocenters. The van der Waals surface area contributed by atoms with Crippen LogP contribution in [0.4, 0.5) is 0 Å². The predicted octanol–water partition coefficient (Wildman–Crippen LogP) is 3.26. The van der Waals surface area contributed by atoms with Gasteiger partial charge in [-0.05, 0) is 43.4 Å². The van der Waals surface area contributed by atoms with E-state index < -0.39 is 0 Å². The van der Waals surface area contributed by atoms with Crippen LogP contribution in [0.2, 0.25) is 0 Å². The van der Waals surface area contributed by atoms with Crippen molar-refractivity contribution in [3.05, 3.63) is 35.9 Å². The number of fused-ring (bicyclic) bond motifs is 1. The van der Waals surface area contributed by atoms with Crippen LogP contribution in [-0.4, -0.2) is 14.5 Å². The molecule has 0 spiro atoms. The molecule has 3 rings (SSSR count). The fourth-order valence-corrected chi connectivity index (χ4v) is 3.12. The van der Waals surface area contributed by atoms with Crippen LogP contribution < -0.4 is 0 Å². The van der Waals surface area contributed by atoms with Crippen molar-refractivity contribution < 1.29 is 5.11 Å². The first-order valence-electron chi connectivity index (χ1n) is 6.86. The number of aromatic nitrogens is 2. The van der Waals surface area contributed by atoms with Crippen molar-refractivity contribution in [3.8, 4) is 0 Å². The van der Waals surface area contributed by atoms with E-state index in [0.717, 1.165) is 24.1 Å². The van der Waals surface area contributed by atoms with Gasteiger partial charge in [0.05, 0.1) is 29.8 Å². The molecule has 0 aliphatic heterocycles. The van der Waals surface area contributed by atoms with E-state index in [-0.39, 0.29) is 6.10 Å². The molecule has 1 saturated carbocycles. The largest absolute Gasteiger partial charge is 0.387 e. The summed E-state index contributed by atoms with van der Waals surface area (Å²) in [4.78, 5) is 4.18. The summed E-state index contributed by atoms with van der Waals surface area (Å²) < 4.78 is 2.02. The fourth-order valence-electron chi connectivity index (χ4n) is 3.12. The van der Waals surface area contributed by atoms with Gasteiger partial charge in [-0.2, -0.15) is 0 Å². The molecule has 3 nitrogen and oxygen atoms in total. The summed E-state index contributed by atoms with van der Waals surface area (Å²) in [5.74, 6) is 0.408. The molecule has 2 aromatic rings. The zero-order valence-corrected chi connectivity index (χ0v) is 10.8. The lowest BCUT2D eigenvalue weighted by Gasteiger charge is -2.27. The Kier molecular flexibility index (Phi) is 3.08. The van der Waals surface area contributed by atoms with Crippen LogP contribution in [0.1, 0.15) is 49.5 Å². The topological polar surface area (TPSA) is 37.5 Å². The van der Waals surface area contributed by atoms with Crippen molar-refractivity contribution in [1.29, 1.82) is 0 Å². The molecule has 18 heavy (non-hydrogen) atoms. The number of imidazole rings is 1. The number of rotatable bonds is 2. The van der Waals surface area contributed by atoms with Crippen molar-refractivity contribution in [2.75, 3.05) is 0 Å². The Bertz CT molecular complexity index is 540. The maximum atomic E-state index is 10.6. The number of aliphatic hydroxyl groups excluding tert-OH is 1. The highest BCUT2D eigenvalue weighted by Crippen LogP contribution is 2.34. The molecule has 0 saturated heterocycles. The summed E-state index contributed by atoms with van der Waals surface area (Å²) in [6.07, 6.45) is 9.40. The van der Waals surface area contributed by atoms with Gasteiger partial charge in [0.15, 0.2) is 0 Å². The average molecular weight is 244 g/mol. The molecule has 1 aliphatic rings. The highest BCUT2D eigenvalue weighted by molar-refractivity contribution is 5.49. The molecule has 1 N–H and O–H groups in total. The third-order valence-electron chi connectivity index (χ3n) is 4.10. The summed E-state index contributed by atoms with van der Waals surface area (Å²) in [6.45, 7) is 2.07. The minimum absolute atomic E-state index is 0.359. The normalized spacial score (nSPS) is 19.2. The van der Waals surface area contributed by atoms with Gasteiger partial charge in [-0.25, -0.2) is 4.98 Å². The Morgan fingerprint density at radius 1 is 1.28 bits per heavy atom. The van der Waals surface area contributed by atoms with Crippen LogP contribution in [0.25, 0.3) is 5.52 Å². The van der Waals surface area contributed by atoms with Crippen molar-refractivity contribution in [2.45, 2.75) is 45.1 Å². The molecular weight excluding hydrogens is 224 g/mol. The van der Waals surface area contributed by atoms with Crippen LogP contribution in [0.5, 0.6) is 0 Å². The van der Waals surface area contributed by atoms with Crippen LogP contribution in [0.3, 0.4) is 0 Å². The Morgan fingerprint density at radius 3 is 2.83 bits per heavy atom. The first-order chi connectivity index (χ1) is 8.75. The van der Waals surface area contributed by atoms with Crippen LogP contribution >= 0.6 is 0 Å². The van der Waals surface area contributed by atoms with E-state index in [1.54, 1.807) is 6.33 Å². The lowest BCUT2D eigenvalue weighted by atomic mass is 9.84. The van der Waals surface area contributed by atoms with Crippen LogP contribution in [0.15, 0.2) is 24.7 Å². The number of nitrogens with zero attached hydrogens (tertiary/aromatic N) is 2. The smallest absolute Gasteiger partial charge is 0.0995 e. The zero-order chi connectivity index (χ0) is 12.5. The standard InChI is InChI=1S/C15H20N2O/c1-11-7-13-9-16-10-17(13)14(8-11)15(18)12-5-3-2-4-6-12/h7-10,12,15,18H,2-6H2,1H3. The van der Waals surface area contributed by atoms with Gasteiger partial charge in [0.2, 0.25) is 0 Å². The molecule has 0 amide bonds. The third-order valence-corrected chi connectivity index (χ3v) is 4.10. The summed E-state index contributed by atoms with van der Waals surface area (Å²) in [5, 5.41) is 10.6. The van der Waals surface area contributed by atoms with E-state index in [1.807, 2.05) is 10.6 Å². The van der Waals surface area contributed by atoms with Gasteiger partial charge in [0.25, 0.3) is 0 Å². The molecule has 1 fully saturated rings. The summed E-state index contributed by atoms with van der Waals surface area (Å²) in [5.41, 5.74) is 3.25. The summed E-state index contributed by atoms with van der Waals surface area (Å²) in [6, 6.07) is 4.19. The minimum atomic E-state index is -0.359. The third kappa shape index (κ3) is 2.03. The molecular formula is C15H20N2O. The van der Waals surface area contributed by atoms with Gasteiger partial charge in [0, 0.05) is 0 Å². The van der Waals surface area contributed by atoms with E-state index in [2.05, 4.69) is 24.0 Å². The second-order valence-corrected chi connectivity index (χ2v) is 5.49. The molecule has 1 aliphatic carbocycles. The Balaban J connectivity index is 1.99. The number of hydrogen-bond donors (Lipinski definition) is 1. The van der Waals surface area contributed by atoms with Gasteiger partial charge in [-0.15, -0.1) is 0 Å². The molecule has 96 valence electrons. The second kappa shape index (κ2) is 4.73. The maximum Gasteiger partial charge on any atom is 0.0995 e. The monoisotopic (exact) mass is 244 g/mol. The number of hydrogen-bond acceptors (Lipinski definition) is 2. The highest BCUT2D eigenvalue weighted by atomic mass is 16.3. The van der Waals surface area contributed by atoms with E-state index in [0.29, 0.717) is 5.92 Å². The molecule has 0 aromatic carbocycles. The molecule has 0 radical (unpaired) electrons. The van der Waals surface area contributed by atoms with E-state index in [4.69, 9.17) is 0 Å². The second-order valence-electron chi connectivity index (χ2n) is 5.49. The molecule has 3 heteroatoms. The Hall–Kier alpha value is -1.35. The Morgan fingerprint density at radius 2 is 2.06 bits per heavy atom. The highest BCUT2D eigenvalue weighted by Gasteiger charge is 2.24. The summed E-state index contributed by atoms with van der Waals surface area (Å²) in [7, 11) is 0. The van der Waals surface area contributed by atoms with E-state index >= 15 is 0 Å². The van der Waals surface area contributed by atoms with E-state index in [9.17, 15) is 5.11 Å². The first-order valence-corrected chi connectivity index (χ1v) is 6.86. The summed E-state index contributed by atoms with van der Waals surface area (Å²) >= 11 is 0.